The predicted octanol–water partition coefficient (Wildman–Crippen LogP) is 5.10. The lowest BCUT2D eigenvalue weighted by molar-refractivity contribution is -0.125. The predicted molar refractivity (Wildman–Crippen MR) is 157 cm³/mol. The maximum atomic E-state index is 14.7. The van der Waals surface area contributed by atoms with E-state index in [1.54, 1.807) is 30.5 Å². The summed E-state index contributed by atoms with van der Waals surface area (Å²) in [6, 6.07) is 9.63. The molecule has 10 nitrogen and oxygen atoms in total. The van der Waals surface area contributed by atoms with E-state index in [1.807, 2.05) is 0 Å². The molecule has 3 aromatic heterocycles. The molecule has 41 heavy (non-hydrogen) atoms. The number of pyridine rings is 1. The monoisotopic (exact) mass is 597 g/mol. The fourth-order valence-electron chi connectivity index (χ4n) is 4.30. The third kappa shape index (κ3) is 6.25. The second-order valence-electron chi connectivity index (χ2n) is 11.6. The molecule has 1 aromatic carbocycles. The Morgan fingerprint density at radius 1 is 1.17 bits per heavy atom. The zero-order valence-electron chi connectivity index (χ0n) is 23.6. The molecule has 1 atom stereocenters. The van der Waals surface area contributed by atoms with Gasteiger partial charge in [0.05, 0.1) is 17.3 Å². The van der Waals surface area contributed by atoms with Gasteiger partial charge in [-0.15, -0.1) is 0 Å². The molecule has 216 valence electrons. The van der Waals surface area contributed by atoms with E-state index >= 15 is 0 Å². The quantitative estimate of drug-likeness (QED) is 0.266. The van der Waals surface area contributed by atoms with Gasteiger partial charge in [-0.05, 0) is 42.4 Å². The second-order valence-corrected chi connectivity index (χ2v) is 16.7. The van der Waals surface area contributed by atoms with Gasteiger partial charge in [0.15, 0.2) is 20.1 Å². The molecule has 13 heteroatoms. The van der Waals surface area contributed by atoms with E-state index in [2.05, 4.69) is 64.1 Å². The van der Waals surface area contributed by atoms with Crippen molar-refractivity contribution in [3.05, 3.63) is 66.0 Å². The number of benzene rings is 1. The van der Waals surface area contributed by atoms with Crippen molar-refractivity contribution < 1.29 is 18.3 Å². The lowest BCUT2D eigenvalue weighted by atomic mass is 10.1. The van der Waals surface area contributed by atoms with Gasteiger partial charge in [0.2, 0.25) is 5.88 Å². The number of hydrogen-bond acceptors (Lipinski definition) is 8. The van der Waals surface area contributed by atoms with Crippen LogP contribution in [0.25, 0.3) is 16.7 Å². The van der Waals surface area contributed by atoms with Crippen LogP contribution in [0.1, 0.15) is 20.8 Å². The molecule has 0 spiro atoms. The SMILES string of the molecule is CC(C)(C)[Si](C)(C)OC1CN(CC(Oc2ncnc3c2cnn3-c2c(F)cccc2Cl)C(=O)Nc2ccccn2)C1. The molecule has 0 saturated carbocycles. The minimum absolute atomic E-state index is 0.0617. The summed E-state index contributed by atoms with van der Waals surface area (Å²) in [4.78, 5) is 28.3. The zero-order chi connectivity index (χ0) is 29.4. The lowest BCUT2D eigenvalue weighted by Gasteiger charge is -2.46. The highest BCUT2D eigenvalue weighted by Gasteiger charge is 2.42. The van der Waals surface area contributed by atoms with Crippen LogP contribution < -0.4 is 10.1 Å². The summed E-state index contributed by atoms with van der Waals surface area (Å²) in [5.41, 5.74) is 0.351. The number of ether oxygens (including phenoxy) is 1. The van der Waals surface area contributed by atoms with Gasteiger partial charge in [-0.2, -0.15) is 5.10 Å². The van der Waals surface area contributed by atoms with Crippen molar-refractivity contribution in [2.24, 2.45) is 0 Å². The normalized spacial score (nSPS) is 15.5. The van der Waals surface area contributed by atoms with Crippen LogP contribution in [-0.2, 0) is 9.22 Å². The average molecular weight is 598 g/mol. The van der Waals surface area contributed by atoms with E-state index in [-0.39, 0.29) is 39.3 Å². The molecule has 4 aromatic rings. The molecule has 0 radical (unpaired) electrons. The summed E-state index contributed by atoms with van der Waals surface area (Å²) in [7, 11) is -1.91. The summed E-state index contributed by atoms with van der Waals surface area (Å²) >= 11 is 6.27. The molecule has 1 N–H and O–H groups in total. The first-order valence-corrected chi connectivity index (χ1v) is 16.6. The van der Waals surface area contributed by atoms with Crippen molar-refractivity contribution in [1.29, 1.82) is 0 Å². The van der Waals surface area contributed by atoms with Crippen LogP contribution >= 0.6 is 11.6 Å². The fraction of sp³-hybridized carbons (Fsp3) is 0.393. The second kappa shape index (κ2) is 11.4. The molecule has 5 rings (SSSR count). The first kappa shape index (κ1) is 29.1. The van der Waals surface area contributed by atoms with Gasteiger partial charge >= 0.3 is 0 Å². The molecule has 1 amide bonds. The number of likely N-dealkylation sites (tertiary alicyclic amines) is 1. The summed E-state index contributed by atoms with van der Waals surface area (Å²) in [5.74, 6) is -0.384. The van der Waals surface area contributed by atoms with Crippen LogP contribution in [0.5, 0.6) is 5.88 Å². The standard InChI is InChI=1S/C28H33ClFN7O3Si/c1-28(2,3)41(4,5)40-18-14-36(15-18)16-22(26(38)35-23-11-6-7-12-31-23)39-27-19-13-34-37(25(19)32-17-33-27)24-20(29)9-8-10-21(24)30/h6-13,17-18,22H,14-16H2,1-5H3,(H,31,35,38). The zero-order valence-corrected chi connectivity index (χ0v) is 25.4. The highest BCUT2D eigenvalue weighted by Crippen LogP contribution is 2.38. The first-order valence-electron chi connectivity index (χ1n) is 13.3. The number of anilines is 1. The topological polar surface area (TPSA) is 107 Å². The maximum absolute atomic E-state index is 14.7. The Kier molecular flexibility index (Phi) is 8.10. The van der Waals surface area contributed by atoms with Crippen molar-refractivity contribution in [1.82, 2.24) is 29.6 Å². The summed E-state index contributed by atoms with van der Waals surface area (Å²) in [5, 5.41) is 7.81. The molecule has 1 saturated heterocycles. The Labute approximate surface area is 244 Å². The number of halogens is 2. The number of para-hydroxylation sites is 1. The van der Waals surface area contributed by atoms with Gasteiger partial charge in [-0.25, -0.2) is 24.0 Å². The van der Waals surface area contributed by atoms with Crippen LogP contribution in [0, 0.1) is 5.82 Å². The Morgan fingerprint density at radius 3 is 2.63 bits per heavy atom. The molecule has 0 bridgehead atoms. The molecule has 4 heterocycles. The largest absolute Gasteiger partial charge is 0.462 e. The Morgan fingerprint density at radius 2 is 1.95 bits per heavy atom. The molecule has 0 aliphatic carbocycles. The number of fused-ring (bicyclic) bond motifs is 1. The number of amides is 1. The number of hydrogen-bond donors (Lipinski definition) is 1. The van der Waals surface area contributed by atoms with Crippen LogP contribution in [-0.4, -0.2) is 75.7 Å². The molecule has 1 aliphatic rings. The van der Waals surface area contributed by atoms with E-state index < -0.39 is 20.2 Å². The fourth-order valence-corrected chi connectivity index (χ4v) is 5.88. The van der Waals surface area contributed by atoms with Crippen LogP contribution in [0.3, 0.4) is 0 Å². The van der Waals surface area contributed by atoms with Crippen LogP contribution in [0.4, 0.5) is 10.2 Å². The van der Waals surface area contributed by atoms with Crippen molar-refractivity contribution in [3.63, 3.8) is 0 Å². The van der Waals surface area contributed by atoms with Crippen LogP contribution in [0.2, 0.25) is 23.2 Å². The number of rotatable bonds is 9. The van der Waals surface area contributed by atoms with Crippen LogP contribution in [0.15, 0.2) is 55.1 Å². The molecule has 1 aliphatic heterocycles. The number of nitrogens with one attached hydrogen (secondary N) is 1. The third-order valence-corrected chi connectivity index (χ3v) is 12.4. The Bertz CT molecular complexity index is 1520. The first-order chi connectivity index (χ1) is 19.4. The van der Waals surface area contributed by atoms with E-state index in [1.165, 1.54) is 29.3 Å². The van der Waals surface area contributed by atoms with Gasteiger partial charge in [0.1, 0.15) is 29.0 Å². The van der Waals surface area contributed by atoms with Gasteiger partial charge in [-0.3, -0.25) is 9.69 Å². The Hall–Kier alpha value is -3.45. The van der Waals surface area contributed by atoms with Gasteiger partial charge in [0.25, 0.3) is 5.91 Å². The van der Waals surface area contributed by atoms with E-state index in [4.69, 9.17) is 20.8 Å². The highest BCUT2D eigenvalue weighted by atomic mass is 35.5. The molecular weight excluding hydrogens is 565 g/mol. The van der Waals surface area contributed by atoms with Gasteiger partial charge in [0, 0.05) is 25.8 Å². The Balaban J connectivity index is 1.37. The maximum Gasteiger partial charge on any atom is 0.268 e. The van der Waals surface area contributed by atoms with Gasteiger partial charge < -0.3 is 14.5 Å². The third-order valence-electron chi connectivity index (χ3n) is 7.56. The summed E-state index contributed by atoms with van der Waals surface area (Å²) in [6.07, 6.45) is 3.51. The van der Waals surface area contributed by atoms with Crippen molar-refractivity contribution >= 4 is 42.7 Å². The minimum atomic E-state index is -1.91. The minimum Gasteiger partial charge on any atom is -0.462 e. The molecular formula is C28H33ClFN7O3Si. The number of carbonyl (C=O) groups excluding carboxylic acids is 1. The van der Waals surface area contributed by atoms with E-state index in [9.17, 15) is 9.18 Å². The van der Waals surface area contributed by atoms with Crippen molar-refractivity contribution in [2.75, 3.05) is 25.0 Å². The van der Waals surface area contributed by atoms with Crippen molar-refractivity contribution in [3.8, 4) is 11.6 Å². The van der Waals surface area contributed by atoms with E-state index in [0.29, 0.717) is 30.8 Å². The van der Waals surface area contributed by atoms with Crippen molar-refractivity contribution in [2.45, 2.75) is 51.1 Å². The smallest absolute Gasteiger partial charge is 0.268 e. The summed E-state index contributed by atoms with van der Waals surface area (Å²) < 4.78 is 28.7. The highest BCUT2D eigenvalue weighted by molar-refractivity contribution is 6.74. The lowest BCUT2D eigenvalue weighted by Crippen LogP contribution is -2.60. The number of aromatic nitrogens is 5. The van der Waals surface area contributed by atoms with E-state index in [0.717, 1.165) is 0 Å². The number of nitrogens with zero attached hydrogens (tertiary/aromatic N) is 6. The van der Waals surface area contributed by atoms with Gasteiger partial charge in [-0.1, -0.05) is 44.5 Å². The summed E-state index contributed by atoms with van der Waals surface area (Å²) in [6.45, 7) is 12.8. The molecule has 1 unspecified atom stereocenters. The molecule has 1 fully saturated rings. The average Bonchev–Trinajstić information content (AvgIpc) is 3.31. The number of carbonyl (C=O) groups is 1.